The third-order valence-corrected chi connectivity index (χ3v) is 2.40. The number of nitrogens with two attached hydrogens (primary N) is 2. The number of ether oxygens (including phenoxy) is 1. The fraction of sp³-hybridized carbons (Fsp3) is 0.417. The van der Waals surface area contributed by atoms with Crippen molar-refractivity contribution in [3.8, 4) is 5.75 Å². The molecule has 5 nitrogen and oxygen atoms in total. The third kappa shape index (κ3) is 4.32. The lowest BCUT2D eigenvalue weighted by Gasteiger charge is -2.23. The largest absolute Gasteiger partial charge is 0.497 e. The van der Waals surface area contributed by atoms with Crippen molar-refractivity contribution in [3.05, 3.63) is 24.3 Å². The zero-order chi connectivity index (χ0) is 12.7. The van der Waals surface area contributed by atoms with Crippen molar-refractivity contribution in [2.24, 2.45) is 11.5 Å². The van der Waals surface area contributed by atoms with Crippen LogP contribution in [0.25, 0.3) is 0 Å². The summed E-state index contributed by atoms with van der Waals surface area (Å²) in [6, 6.07) is 7.53. The second-order valence-electron chi connectivity index (χ2n) is 3.73. The summed E-state index contributed by atoms with van der Waals surface area (Å²) in [7, 11) is 1.61. The van der Waals surface area contributed by atoms with Crippen LogP contribution in [0.4, 0.5) is 5.69 Å². The van der Waals surface area contributed by atoms with Gasteiger partial charge in [-0.2, -0.15) is 0 Å². The molecule has 0 saturated carbocycles. The number of carbonyl (C=O) groups excluding carboxylic acids is 1. The van der Waals surface area contributed by atoms with Crippen molar-refractivity contribution in [1.82, 2.24) is 0 Å². The summed E-state index contributed by atoms with van der Waals surface area (Å²) >= 11 is 0. The Balaban J connectivity index is 2.82. The van der Waals surface area contributed by atoms with E-state index < -0.39 is 0 Å². The molecule has 0 aliphatic carbocycles. The Labute approximate surface area is 101 Å². The van der Waals surface area contributed by atoms with E-state index in [1.165, 1.54) is 0 Å². The third-order valence-electron chi connectivity index (χ3n) is 2.40. The van der Waals surface area contributed by atoms with E-state index in [-0.39, 0.29) is 12.5 Å². The summed E-state index contributed by atoms with van der Waals surface area (Å²) in [5.74, 6) is 0.398. The van der Waals surface area contributed by atoms with Crippen LogP contribution in [-0.2, 0) is 4.79 Å². The quantitative estimate of drug-likeness (QED) is 0.716. The normalized spacial score (nSPS) is 10.0. The van der Waals surface area contributed by atoms with E-state index in [1.54, 1.807) is 7.11 Å². The van der Waals surface area contributed by atoms with Gasteiger partial charge in [0, 0.05) is 18.3 Å². The first kappa shape index (κ1) is 13.3. The lowest BCUT2D eigenvalue weighted by atomic mass is 10.2. The summed E-state index contributed by atoms with van der Waals surface area (Å²) in [5.41, 5.74) is 11.6. The maximum atomic E-state index is 11.0. The van der Waals surface area contributed by atoms with Crippen molar-refractivity contribution < 1.29 is 9.53 Å². The zero-order valence-electron chi connectivity index (χ0n) is 10.1. The first-order valence-corrected chi connectivity index (χ1v) is 5.54. The van der Waals surface area contributed by atoms with Gasteiger partial charge in [0.15, 0.2) is 0 Å². The Hall–Kier alpha value is -1.75. The van der Waals surface area contributed by atoms with Gasteiger partial charge in [-0.15, -0.1) is 0 Å². The van der Waals surface area contributed by atoms with Gasteiger partial charge in [-0.25, -0.2) is 0 Å². The molecule has 0 atom stereocenters. The minimum absolute atomic E-state index is 0.188. The summed E-state index contributed by atoms with van der Waals surface area (Å²) in [6.45, 7) is 1.47. The smallest absolute Gasteiger partial charge is 0.236 e. The molecule has 1 aromatic rings. The first-order chi connectivity index (χ1) is 8.17. The number of primary amides is 1. The number of carbonyl (C=O) groups is 1. The molecule has 0 unspecified atom stereocenters. The fourth-order valence-electron chi connectivity index (χ4n) is 1.58. The molecule has 0 radical (unpaired) electrons. The molecule has 0 heterocycles. The average molecular weight is 237 g/mol. The molecular formula is C12H19N3O2. The van der Waals surface area contributed by atoms with Crippen molar-refractivity contribution in [2.45, 2.75) is 6.42 Å². The van der Waals surface area contributed by atoms with Crippen molar-refractivity contribution in [2.75, 3.05) is 31.6 Å². The summed E-state index contributed by atoms with van der Waals surface area (Å²) in [5, 5.41) is 0. The number of amides is 1. The van der Waals surface area contributed by atoms with Gasteiger partial charge in [0.2, 0.25) is 5.91 Å². The molecule has 1 rings (SSSR count). The average Bonchev–Trinajstić information content (AvgIpc) is 2.34. The number of anilines is 1. The van der Waals surface area contributed by atoms with Crippen molar-refractivity contribution in [3.63, 3.8) is 0 Å². The maximum absolute atomic E-state index is 11.0. The van der Waals surface area contributed by atoms with Crippen LogP contribution in [0.15, 0.2) is 24.3 Å². The van der Waals surface area contributed by atoms with E-state index in [4.69, 9.17) is 16.2 Å². The SMILES string of the molecule is COc1cccc(N(CCCN)CC(N)=O)c1. The van der Waals surface area contributed by atoms with Gasteiger partial charge in [0.25, 0.3) is 0 Å². The second kappa shape index (κ2) is 6.75. The molecule has 5 heteroatoms. The predicted octanol–water partition coefficient (Wildman–Crippen LogP) is 0.336. The molecule has 94 valence electrons. The molecule has 0 aromatic heterocycles. The predicted molar refractivity (Wildman–Crippen MR) is 68.1 cm³/mol. The maximum Gasteiger partial charge on any atom is 0.236 e. The van der Waals surface area contributed by atoms with Crippen LogP contribution in [0.3, 0.4) is 0 Å². The molecule has 1 amide bonds. The second-order valence-corrected chi connectivity index (χ2v) is 3.73. The highest BCUT2D eigenvalue weighted by atomic mass is 16.5. The van der Waals surface area contributed by atoms with E-state index in [1.807, 2.05) is 29.2 Å². The summed E-state index contributed by atoms with van der Waals surface area (Å²) < 4.78 is 5.15. The van der Waals surface area contributed by atoms with E-state index in [2.05, 4.69) is 0 Å². The molecule has 0 bridgehead atoms. The number of hydrogen-bond acceptors (Lipinski definition) is 4. The van der Waals surface area contributed by atoms with Gasteiger partial charge in [-0.3, -0.25) is 4.79 Å². The molecular weight excluding hydrogens is 218 g/mol. The van der Waals surface area contributed by atoms with Gasteiger partial charge >= 0.3 is 0 Å². The number of benzene rings is 1. The van der Waals surface area contributed by atoms with Crippen molar-refractivity contribution >= 4 is 11.6 Å². The van der Waals surface area contributed by atoms with E-state index in [0.29, 0.717) is 13.1 Å². The van der Waals surface area contributed by atoms with Crippen LogP contribution in [0.1, 0.15) is 6.42 Å². The van der Waals surface area contributed by atoms with E-state index in [9.17, 15) is 4.79 Å². The molecule has 0 spiro atoms. The molecule has 0 fully saturated rings. The number of hydrogen-bond donors (Lipinski definition) is 2. The van der Waals surface area contributed by atoms with Gasteiger partial charge in [-0.1, -0.05) is 6.07 Å². The summed E-state index contributed by atoms with van der Waals surface area (Å²) in [4.78, 5) is 12.9. The lowest BCUT2D eigenvalue weighted by Crippen LogP contribution is -2.35. The Kier molecular flexibility index (Phi) is 5.29. The van der Waals surface area contributed by atoms with E-state index >= 15 is 0 Å². The molecule has 17 heavy (non-hydrogen) atoms. The molecule has 0 saturated heterocycles. The highest BCUT2D eigenvalue weighted by Gasteiger charge is 2.09. The zero-order valence-corrected chi connectivity index (χ0v) is 10.1. The highest BCUT2D eigenvalue weighted by molar-refractivity contribution is 5.79. The van der Waals surface area contributed by atoms with Gasteiger partial charge in [0.1, 0.15) is 5.75 Å². The van der Waals surface area contributed by atoms with E-state index in [0.717, 1.165) is 17.9 Å². The Bertz CT molecular complexity index is 369. The number of rotatable bonds is 7. The molecule has 0 aliphatic heterocycles. The van der Waals surface area contributed by atoms with Gasteiger partial charge < -0.3 is 21.1 Å². The van der Waals surface area contributed by atoms with Crippen molar-refractivity contribution in [1.29, 1.82) is 0 Å². The van der Waals surface area contributed by atoms with Gasteiger partial charge in [-0.05, 0) is 25.1 Å². The minimum Gasteiger partial charge on any atom is -0.497 e. The minimum atomic E-state index is -0.357. The molecule has 4 N–H and O–H groups in total. The van der Waals surface area contributed by atoms with Crippen LogP contribution in [-0.4, -0.2) is 32.7 Å². The van der Waals surface area contributed by atoms with Crippen LogP contribution in [0, 0.1) is 0 Å². The Morgan fingerprint density at radius 1 is 1.47 bits per heavy atom. The topological polar surface area (TPSA) is 81.6 Å². The Morgan fingerprint density at radius 2 is 2.24 bits per heavy atom. The fourth-order valence-corrected chi connectivity index (χ4v) is 1.58. The molecule has 0 aliphatic rings. The van der Waals surface area contributed by atoms with Crippen LogP contribution in [0.5, 0.6) is 5.75 Å². The Morgan fingerprint density at radius 3 is 2.82 bits per heavy atom. The first-order valence-electron chi connectivity index (χ1n) is 5.54. The monoisotopic (exact) mass is 237 g/mol. The van der Waals surface area contributed by atoms with Crippen LogP contribution < -0.4 is 21.1 Å². The number of nitrogens with zero attached hydrogens (tertiary/aromatic N) is 1. The number of methoxy groups -OCH3 is 1. The molecule has 1 aromatic carbocycles. The van der Waals surface area contributed by atoms with Crippen LogP contribution in [0.2, 0.25) is 0 Å². The van der Waals surface area contributed by atoms with Crippen LogP contribution >= 0.6 is 0 Å². The lowest BCUT2D eigenvalue weighted by molar-refractivity contribution is -0.116. The highest BCUT2D eigenvalue weighted by Crippen LogP contribution is 2.20. The van der Waals surface area contributed by atoms with Gasteiger partial charge in [0.05, 0.1) is 13.7 Å². The summed E-state index contributed by atoms with van der Waals surface area (Å²) in [6.07, 6.45) is 0.810. The standard InChI is InChI=1S/C12H19N3O2/c1-17-11-5-2-4-10(8-11)15(7-3-6-13)9-12(14)16/h2,4-5,8H,3,6-7,9,13H2,1H3,(H2,14,16).